The van der Waals surface area contributed by atoms with Gasteiger partial charge in [0, 0.05) is 20.0 Å². The van der Waals surface area contributed by atoms with E-state index in [1.807, 2.05) is 17.5 Å². The molecule has 2 saturated carbocycles. The fourth-order valence-electron chi connectivity index (χ4n) is 9.48. The van der Waals surface area contributed by atoms with Gasteiger partial charge in [0.1, 0.15) is 0 Å². The first-order valence-electron chi connectivity index (χ1n) is 14.7. The molecular formula is C31H51NO2. The van der Waals surface area contributed by atoms with E-state index in [0.29, 0.717) is 35.2 Å². The Hall–Kier alpha value is -0.830. The van der Waals surface area contributed by atoms with Gasteiger partial charge >= 0.3 is 0 Å². The lowest BCUT2D eigenvalue weighted by atomic mass is 9.55. The number of rotatable bonds is 3. The highest BCUT2D eigenvalue weighted by Crippen LogP contribution is 2.64. The number of nitrogens with zero attached hydrogens (tertiary/aromatic N) is 1. The molecule has 2 aliphatic heterocycles. The molecule has 2 saturated heterocycles. The molecule has 3 nitrogen and oxygen atoms in total. The number of fused-ring (bicyclic) bond motifs is 5. The summed E-state index contributed by atoms with van der Waals surface area (Å²) in [7, 11) is 2.03. The Labute approximate surface area is 209 Å². The summed E-state index contributed by atoms with van der Waals surface area (Å²) in [6.45, 7) is 15.7. The first kappa shape index (κ1) is 24.8. The van der Waals surface area contributed by atoms with Crippen molar-refractivity contribution in [2.24, 2.45) is 46.8 Å². The fraction of sp³-hybridized carbons (Fsp3) is 0.903. The zero-order valence-corrected chi connectivity index (χ0v) is 23.2. The monoisotopic (exact) mass is 469 g/mol. The van der Waals surface area contributed by atoms with Gasteiger partial charge in [-0.05, 0) is 105 Å². The highest BCUT2D eigenvalue weighted by Gasteiger charge is 2.58. The van der Waals surface area contributed by atoms with Gasteiger partial charge in [-0.15, -0.1) is 0 Å². The number of hydrogen-bond donors (Lipinski definition) is 0. The van der Waals surface area contributed by atoms with E-state index in [1.54, 1.807) is 5.57 Å². The summed E-state index contributed by atoms with van der Waals surface area (Å²) in [4.78, 5) is 14.6. The number of hydrogen-bond acceptors (Lipinski definition) is 2. The maximum Gasteiger partial charge on any atom is 0.222 e. The van der Waals surface area contributed by atoms with Crippen LogP contribution in [0.25, 0.3) is 0 Å². The lowest BCUT2D eigenvalue weighted by molar-refractivity contribution is -0.129. The number of carbonyl (C=O) groups excluding carboxylic acids is 1. The third kappa shape index (κ3) is 3.82. The number of ether oxygens (including phenoxy) is 1. The molecule has 1 spiro atoms. The molecule has 0 aromatic rings. The molecule has 5 rings (SSSR count). The van der Waals surface area contributed by atoms with Crippen molar-refractivity contribution in [3.8, 4) is 0 Å². The number of allylic oxidation sites excluding steroid dienone is 1. The van der Waals surface area contributed by atoms with E-state index in [9.17, 15) is 4.79 Å². The third-order valence-electron chi connectivity index (χ3n) is 12.3. The molecule has 10 atom stereocenters. The maximum atomic E-state index is 12.6. The molecule has 34 heavy (non-hydrogen) atoms. The van der Waals surface area contributed by atoms with E-state index in [2.05, 4.69) is 41.5 Å². The van der Waals surface area contributed by atoms with Crippen molar-refractivity contribution in [2.75, 3.05) is 13.6 Å². The maximum absolute atomic E-state index is 12.6. The lowest BCUT2D eigenvalue weighted by Crippen LogP contribution is -2.45. The van der Waals surface area contributed by atoms with Crippen molar-refractivity contribution in [1.29, 1.82) is 0 Å². The molecule has 0 radical (unpaired) electrons. The Balaban J connectivity index is 1.39. The van der Waals surface area contributed by atoms with Gasteiger partial charge in [0.05, 0.1) is 11.7 Å². The number of carbonyl (C=O) groups is 1. The van der Waals surface area contributed by atoms with Crippen LogP contribution in [0.4, 0.5) is 0 Å². The van der Waals surface area contributed by atoms with Crippen molar-refractivity contribution in [1.82, 2.24) is 4.90 Å². The Bertz CT molecular complexity index is 833. The molecule has 5 aliphatic rings. The predicted octanol–water partition coefficient (Wildman–Crippen LogP) is 7.25. The van der Waals surface area contributed by atoms with Gasteiger partial charge in [0.2, 0.25) is 5.91 Å². The second-order valence-corrected chi connectivity index (χ2v) is 13.8. The minimum absolute atomic E-state index is 0.0625. The van der Waals surface area contributed by atoms with Crippen LogP contribution in [0, 0.1) is 46.8 Å². The molecule has 0 aromatic heterocycles. The van der Waals surface area contributed by atoms with Gasteiger partial charge in [0.15, 0.2) is 0 Å². The summed E-state index contributed by atoms with van der Waals surface area (Å²) in [5.74, 6) is 5.46. The predicted molar refractivity (Wildman–Crippen MR) is 139 cm³/mol. The summed E-state index contributed by atoms with van der Waals surface area (Å²) in [6.07, 6.45) is 12.4. The summed E-state index contributed by atoms with van der Waals surface area (Å²) in [5.41, 5.74) is 3.87. The van der Waals surface area contributed by atoms with Crippen molar-refractivity contribution in [2.45, 2.75) is 117 Å². The quantitative estimate of drug-likeness (QED) is 0.407. The zero-order valence-electron chi connectivity index (χ0n) is 23.2. The molecule has 3 aliphatic carbocycles. The highest BCUT2D eigenvalue weighted by atomic mass is 16.5. The Kier molecular flexibility index (Phi) is 6.52. The van der Waals surface area contributed by atoms with E-state index >= 15 is 0 Å². The third-order valence-corrected chi connectivity index (χ3v) is 12.3. The number of amides is 1. The van der Waals surface area contributed by atoms with E-state index in [-0.39, 0.29) is 5.60 Å². The van der Waals surface area contributed by atoms with Gasteiger partial charge < -0.3 is 9.64 Å². The summed E-state index contributed by atoms with van der Waals surface area (Å²) >= 11 is 0. The molecule has 3 heteroatoms. The number of likely N-dealkylation sites (tertiary alicyclic amines) is 1. The van der Waals surface area contributed by atoms with Gasteiger partial charge in [-0.25, -0.2) is 0 Å². The van der Waals surface area contributed by atoms with Crippen molar-refractivity contribution in [3.05, 3.63) is 11.1 Å². The van der Waals surface area contributed by atoms with Crippen molar-refractivity contribution >= 4 is 5.91 Å². The molecule has 4 fully saturated rings. The molecule has 0 unspecified atom stereocenters. The fourth-order valence-corrected chi connectivity index (χ4v) is 9.48. The normalized spacial score (nSPS) is 47.8. The van der Waals surface area contributed by atoms with E-state index in [4.69, 9.17) is 4.74 Å². The topological polar surface area (TPSA) is 29.5 Å². The average molecular weight is 470 g/mol. The lowest BCUT2D eigenvalue weighted by Gasteiger charge is -2.49. The van der Waals surface area contributed by atoms with Gasteiger partial charge in [-0.2, -0.15) is 0 Å². The summed E-state index contributed by atoms with van der Waals surface area (Å²) in [5, 5.41) is 0. The van der Waals surface area contributed by atoms with Gasteiger partial charge in [0.25, 0.3) is 0 Å². The van der Waals surface area contributed by atoms with E-state index in [1.165, 1.54) is 44.9 Å². The Morgan fingerprint density at radius 3 is 2.68 bits per heavy atom. The summed E-state index contributed by atoms with van der Waals surface area (Å²) in [6, 6.07) is 0. The SMILES string of the molecule is CC[C@@H](C)C[C@H]1O[C@]2(CC[C@@H]3C(=C(C)C2)C[C@H]2[C@H]3CC[C@@H]3CN(C)C(=O)CC[C@@]32C)[C@H](C)[C@@H]1C. The summed E-state index contributed by atoms with van der Waals surface area (Å²) < 4.78 is 7.11. The van der Waals surface area contributed by atoms with Crippen LogP contribution in [0.15, 0.2) is 11.1 Å². The zero-order chi connectivity index (χ0) is 24.4. The van der Waals surface area contributed by atoms with Crippen LogP contribution >= 0.6 is 0 Å². The standard InChI is InChI=1S/C31H51NO2/c1-8-19(2)15-28-21(4)22(5)31(34-28)14-11-24-25-10-9-23-18-32(7)29(33)12-13-30(23,6)27(25)16-26(24)20(3)17-31/h19,21-25,27-28H,8-18H2,1-7H3/t19-,21+,22-,23-,24+,25+,27+,28-,30+,31+/m1/s1. The van der Waals surface area contributed by atoms with Gasteiger partial charge in [-0.3, -0.25) is 4.79 Å². The first-order chi connectivity index (χ1) is 16.1. The van der Waals surface area contributed by atoms with E-state index in [0.717, 1.165) is 49.5 Å². The Morgan fingerprint density at radius 2 is 1.94 bits per heavy atom. The second-order valence-electron chi connectivity index (χ2n) is 13.8. The molecular weight excluding hydrogens is 418 g/mol. The molecule has 2 heterocycles. The van der Waals surface area contributed by atoms with Gasteiger partial charge in [-0.1, -0.05) is 52.2 Å². The van der Waals surface area contributed by atoms with Crippen LogP contribution in [0.5, 0.6) is 0 Å². The molecule has 1 amide bonds. The minimum atomic E-state index is 0.0625. The van der Waals surface area contributed by atoms with Crippen LogP contribution in [0.1, 0.15) is 106 Å². The smallest absolute Gasteiger partial charge is 0.222 e. The molecule has 0 N–H and O–H groups in total. The van der Waals surface area contributed by atoms with E-state index < -0.39 is 0 Å². The molecule has 0 aromatic carbocycles. The molecule has 192 valence electrons. The minimum Gasteiger partial charge on any atom is -0.371 e. The van der Waals surface area contributed by atoms with Crippen LogP contribution < -0.4 is 0 Å². The largest absolute Gasteiger partial charge is 0.371 e. The van der Waals surface area contributed by atoms with Crippen LogP contribution in [0.2, 0.25) is 0 Å². The first-order valence-corrected chi connectivity index (χ1v) is 14.7. The van der Waals surface area contributed by atoms with Crippen LogP contribution in [0.3, 0.4) is 0 Å². The van der Waals surface area contributed by atoms with Crippen LogP contribution in [-0.2, 0) is 9.53 Å². The average Bonchev–Trinajstić information content (AvgIpc) is 3.20. The highest BCUT2D eigenvalue weighted by molar-refractivity contribution is 5.76. The second kappa shape index (κ2) is 8.93. The van der Waals surface area contributed by atoms with Crippen molar-refractivity contribution in [3.63, 3.8) is 0 Å². The van der Waals surface area contributed by atoms with Crippen molar-refractivity contribution < 1.29 is 9.53 Å². The van der Waals surface area contributed by atoms with Crippen LogP contribution in [-0.4, -0.2) is 36.1 Å². The Morgan fingerprint density at radius 1 is 1.18 bits per heavy atom. The molecule has 0 bridgehead atoms.